The molecule has 0 saturated carbocycles. The molecule has 0 aliphatic heterocycles. The molecule has 0 aromatic carbocycles. The van der Waals surface area contributed by atoms with Crippen LogP contribution in [-0.2, 0) is 0 Å². The Bertz CT molecular complexity index is 159. The van der Waals surface area contributed by atoms with Gasteiger partial charge in [-0.2, -0.15) is 0 Å². The number of hydrogen-bond acceptors (Lipinski definition) is 1. The van der Waals surface area contributed by atoms with Gasteiger partial charge in [0, 0.05) is 0 Å². The Hall–Kier alpha value is -0.0400. The Morgan fingerprint density at radius 3 is 1.00 bits per heavy atom. The van der Waals surface area contributed by atoms with Gasteiger partial charge in [-0.25, -0.2) is 0 Å². The third kappa shape index (κ3) is 20.0. The van der Waals surface area contributed by atoms with Crippen molar-refractivity contribution in [1.82, 2.24) is 0 Å². The maximum Gasteiger partial charge on any atom is 0.0799 e. The van der Waals surface area contributed by atoms with Crippen molar-refractivity contribution in [2.45, 2.75) is 129 Å². The van der Waals surface area contributed by atoms with Gasteiger partial charge < -0.3 is 5.11 Å². The predicted octanol–water partition coefficient (Wildman–Crippen LogP) is 7.95. The minimum Gasteiger partial charge on any atom is -0.390 e. The van der Waals surface area contributed by atoms with Crippen molar-refractivity contribution < 1.29 is 5.11 Å². The highest BCUT2D eigenvalue weighted by Crippen LogP contribution is 2.14. The molecule has 0 spiro atoms. The standard InChI is InChI=1S/C21H43O/c1-2-3-4-5-6-7-8-9-10-11-12-13-14-15-16-17-18-19-20-21-22/h21-22H,2-20H2,1H3. The van der Waals surface area contributed by atoms with Gasteiger partial charge in [-0.3, -0.25) is 0 Å². The van der Waals surface area contributed by atoms with Crippen molar-refractivity contribution in [2.75, 3.05) is 0 Å². The van der Waals surface area contributed by atoms with Gasteiger partial charge in [-0.05, 0) is 6.42 Å². The summed E-state index contributed by atoms with van der Waals surface area (Å²) in [6, 6.07) is 0. The second kappa shape index (κ2) is 21.0. The smallest absolute Gasteiger partial charge is 0.0799 e. The van der Waals surface area contributed by atoms with Crippen molar-refractivity contribution in [2.24, 2.45) is 0 Å². The van der Waals surface area contributed by atoms with Crippen molar-refractivity contribution in [1.29, 1.82) is 0 Å². The van der Waals surface area contributed by atoms with Gasteiger partial charge >= 0.3 is 0 Å². The topological polar surface area (TPSA) is 20.2 Å². The van der Waals surface area contributed by atoms with E-state index in [1.165, 1.54) is 116 Å². The number of rotatable bonds is 19. The average molecular weight is 312 g/mol. The molecule has 0 saturated heterocycles. The first-order chi connectivity index (χ1) is 10.9. The minimum absolute atomic E-state index is 0.874. The summed E-state index contributed by atoms with van der Waals surface area (Å²) < 4.78 is 0. The molecule has 1 nitrogen and oxygen atoms in total. The van der Waals surface area contributed by atoms with E-state index in [-0.39, 0.29) is 0 Å². The minimum atomic E-state index is 0.874. The third-order valence-corrected chi connectivity index (χ3v) is 4.69. The number of aliphatic hydroxyl groups is 1. The maximum atomic E-state index is 8.58. The van der Waals surface area contributed by atoms with Crippen LogP contribution < -0.4 is 0 Å². The normalized spacial score (nSPS) is 11.2. The van der Waals surface area contributed by atoms with Crippen LogP contribution in [0, 0.1) is 6.61 Å². The van der Waals surface area contributed by atoms with E-state index in [0.29, 0.717) is 0 Å². The molecule has 0 heterocycles. The lowest BCUT2D eigenvalue weighted by Crippen LogP contribution is -1.84. The summed E-state index contributed by atoms with van der Waals surface area (Å²) in [5.41, 5.74) is 0. The van der Waals surface area contributed by atoms with Gasteiger partial charge in [0.1, 0.15) is 0 Å². The molecule has 1 N–H and O–H groups in total. The molecule has 0 aliphatic rings. The highest BCUT2D eigenvalue weighted by Gasteiger charge is 1.95. The van der Waals surface area contributed by atoms with Crippen LogP contribution >= 0.6 is 0 Å². The first-order valence-corrected chi connectivity index (χ1v) is 10.4. The van der Waals surface area contributed by atoms with Gasteiger partial charge in [-0.15, -0.1) is 0 Å². The highest BCUT2D eigenvalue weighted by atomic mass is 16.2. The Labute approximate surface area is 141 Å². The predicted molar refractivity (Wildman–Crippen MR) is 99.6 cm³/mol. The average Bonchev–Trinajstić information content (AvgIpc) is 2.54. The van der Waals surface area contributed by atoms with Gasteiger partial charge in [0.25, 0.3) is 0 Å². The highest BCUT2D eigenvalue weighted by molar-refractivity contribution is 4.51. The molecule has 0 bridgehead atoms. The lowest BCUT2D eigenvalue weighted by molar-refractivity contribution is 0.367. The number of unbranched alkanes of at least 4 members (excludes halogenated alkanes) is 18. The Kier molecular flexibility index (Phi) is 20.9. The van der Waals surface area contributed by atoms with E-state index in [0.717, 1.165) is 12.8 Å². The molecule has 0 rings (SSSR count). The number of aliphatic hydroxyl groups excluding tert-OH is 1. The van der Waals surface area contributed by atoms with E-state index in [2.05, 4.69) is 6.92 Å². The van der Waals surface area contributed by atoms with E-state index >= 15 is 0 Å². The quantitative estimate of drug-likeness (QED) is 0.240. The molecule has 1 radical (unpaired) electrons. The lowest BCUT2D eigenvalue weighted by Gasteiger charge is -2.03. The molecule has 0 atom stereocenters. The molecule has 0 aliphatic carbocycles. The fourth-order valence-electron chi connectivity index (χ4n) is 3.14. The lowest BCUT2D eigenvalue weighted by atomic mass is 10.0. The third-order valence-electron chi connectivity index (χ3n) is 4.69. The summed E-state index contributed by atoms with van der Waals surface area (Å²) in [5.74, 6) is 0. The molecule has 0 aromatic rings. The zero-order valence-corrected chi connectivity index (χ0v) is 15.5. The molecule has 0 unspecified atom stereocenters. The SMILES string of the molecule is CCCCCCCCCCCCCCCCCCCC[CH]O. The van der Waals surface area contributed by atoms with Crippen LogP contribution in [0.2, 0.25) is 0 Å². The molecule has 0 aromatic heterocycles. The molecule has 0 fully saturated rings. The summed E-state index contributed by atoms with van der Waals surface area (Å²) in [4.78, 5) is 0. The summed E-state index contributed by atoms with van der Waals surface area (Å²) in [5, 5.41) is 8.58. The number of hydrogen-bond donors (Lipinski definition) is 1. The van der Waals surface area contributed by atoms with Crippen LogP contribution in [0.3, 0.4) is 0 Å². The van der Waals surface area contributed by atoms with Crippen molar-refractivity contribution in [3.05, 3.63) is 6.61 Å². The van der Waals surface area contributed by atoms with Crippen molar-refractivity contribution >= 4 is 0 Å². The fraction of sp³-hybridized carbons (Fsp3) is 0.952. The molecular weight excluding hydrogens is 268 g/mol. The first-order valence-electron chi connectivity index (χ1n) is 10.4. The van der Waals surface area contributed by atoms with E-state index in [1.807, 2.05) is 0 Å². The Morgan fingerprint density at radius 1 is 0.455 bits per heavy atom. The summed E-state index contributed by atoms with van der Waals surface area (Å²) in [6.07, 6.45) is 26.3. The van der Waals surface area contributed by atoms with Crippen LogP contribution in [0.15, 0.2) is 0 Å². The van der Waals surface area contributed by atoms with E-state index in [4.69, 9.17) is 5.11 Å². The monoisotopic (exact) mass is 311 g/mol. The van der Waals surface area contributed by atoms with Crippen molar-refractivity contribution in [3.63, 3.8) is 0 Å². The van der Waals surface area contributed by atoms with Crippen LogP contribution in [0.25, 0.3) is 0 Å². The molecular formula is C21H43O. The van der Waals surface area contributed by atoms with Crippen molar-refractivity contribution in [3.8, 4) is 0 Å². The van der Waals surface area contributed by atoms with E-state index < -0.39 is 0 Å². The maximum absolute atomic E-state index is 8.58. The van der Waals surface area contributed by atoms with Gasteiger partial charge in [0.05, 0.1) is 6.61 Å². The largest absolute Gasteiger partial charge is 0.390 e. The molecule has 0 amide bonds. The summed E-state index contributed by atoms with van der Waals surface area (Å²) in [7, 11) is 0. The molecule has 1 heteroatoms. The zero-order chi connectivity index (χ0) is 16.1. The van der Waals surface area contributed by atoms with Crippen LogP contribution in [0.5, 0.6) is 0 Å². The van der Waals surface area contributed by atoms with E-state index in [1.54, 1.807) is 0 Å². The van der Waals surface area contributed by atoms with Crippen LogP contribution in [0.4, 0.5) is 0 Å². The van der Waals surface area contributed by atoms with Crippen LogP contribution in [0.1, 0.15) is 129 Å². The Balaban J connectivity index is 2.91. The summed E-state index contributed by atoms with van der Waals surface area (Å²) >= 11 is 0. The van der Waals surface area contributed by atoms with Crippen LogP contribution in [-0.4, -0.2) is 5.11 Å². The zero-order valence-electron chi connectivity index (χ0n) is 15.5. The summed E-state index contributed by atoms with van der Waals surface area (Å²) in [6.45, 7) is 3.59. The Morgan fingerprint density at radius 2 is 0.727 bits per heavy atom. The van der Waals surface area contributed by atoms with Gasteiger partial charge in [-0.1, -0.05) is 122 Å². The first kappa shape index (κ1) is 22.0. The van der Waals surface area contributed by atoms with E-state index in [9.17, 15) is 0 Å². The molecule has 133 valence electrons. The second-order valence-corrected chi connectivity index (χ2v) is 6.98. The fourth-order valence-corrected chi connectivity index (χ4v) is 3.14. The van der Waals surface area contributed by atoms with Gasteiger partial charge in [0.15, 0.2) is 0 Å². The van der Waals surface area contributed by atoms with Gasteiger partial charge in [0.2, 0.25) is 0 Å². The second-order valence-electron chi connectivity index (χ2n) is 6.98. The molecule has 22 heavy (non-hydrogen) atoms.